The Kier molecular flexibility index (Phi) is 3.09. The number of hydrogen-bond acceptors (Lipinski definition) is 3. The minimum Gasteiger partial charge on any atom is -0.334 e. The molecule has 3 heterocycles. The fraction of sp³-hybridized carbons (Fsp3) is 0.714. The molecule has 5 heteroatoms. The Morgan fingerprint density at radius 2 is 2.16 bits per heavy atom. The molecule has 2 aliphatic heterocycles. The van der Waals surface area contributed by atoms with Gasteiger partial charge in [0.2, 0.25) is 0 Å². The average Bonchev–Trinajstić information content (AvgIpc) is 2.94. The Morgan fingerprint density at radius 1 is 1.37 bits per heavy atom. The molecule has 1 N–H and O–H groups in total. The molecule has 1 amide bonds. The maximum absolute atomic E-state index is 12.8. The molecule has 104 valence electrons. The van der Waals surface area contributed by atoms with Gasteiger partial charge in [-0.2, -0.15) is 5.10 Å². The third-order valence-electron chi connectivity index (χ3n) is 4.66. The van der Waals surface area contributed by atoms with Crippen LogP contribution in [0.4, 0.5) is 0 Å². The number of nitrogens with zero attached hydrogens (tertiary/aromatic N) is 3. The van der Waals surface area contributed by atoms with Crippen molar-refractivity contribution in [1.82, 2.24) is 20.0 Å². The zero-order valence-electron chi connectivity index (χ0n) is 11.9. The maximum Gasteiger partial charge on any atom is 0.257 e. The highest BCUT2D eigenvalue weighted by atomic mass is 16.2. The lowest BCUT2D eigenvalue weighted by Crippen LogP contribution is -2.48. The predicted octanol–water partition coefficient (Wildman–Crippen LogP) is 0.861. The molecule has 0 spiro atoms. The van der Waals surface area contributed by atoms with Gasteiger partial charge in [-0.15, -0.1) is 0 Å². The van der Waals surface area contributed by atoms with Crippen LogP contribution in [-0.2, 0) is 7.05 Å². The van der Waals surface area contributed by atoms with Gasteiger partial charge in [0.1, 0.15) is 0 Å². The lowest BCUT2D eigenvalue weighted by Gasteiger charge is -2.37. The normalized spacial score (nSPS) is 26.6. The predicted molar refractivity (Wildman–Crippen MR) is 73.1 cm³/mol. The maximum atomic E-state index is 12.8. The van der Waals surface area contributed by atoms with Gasteiger partial charge in [0.15, 0.2) is 0 Å². The molecule has 0 saturated carbocycles. The van der Waals surface area contributed by atoms with Gasteiger partial charge >= 0.3 is 0 Å². The van der Waals surface area contributed by atoms with Crippen LogP contribution in [0, 0.1) is 19.8 Å². The van der Waals surface area contributed by atoms with E-state index in [0.29, 0.717) is 12.0 Å². The van der Waals surface area contributed by atoms with Crippen molar-refractivity contribution in [2.45, 2.75) is 32.7 Å². The van der Waals surface area contributed by atoms with E-state index < -0.39 is 0 Å². The monoisotopic (exact) mass is 262 g/mol. The number of aryl methyl sites for hydroxylation is 2. The molecular formula is C14H22N4O. The first kappa shape index (κ1) is 12.7. The molecule has 5 nitrogen and oxygen atoms in total. The fourth-order valence-electron chi connectivity index (χ4n) is 3.55. The van der Waals surface area contributed by atoms with Crippen molar-refractivity contribution in [3.63, 3.8) is 0 Å². The summed E-state index contributed by atoms with van der Waals surface area (Å²) in [5.41, 5.74) is 2.61. The molecule has 2 unspecified atom stereocenters. The number of fused-ring (bicyclic) bond motifs is 1. The highest BCUT2D eigenvalue weighted by Crippen LogP contribution is 2.28. The molecule has 2 atom stereocenters. The van der Waals surface area contributed by atoms with Gasteiger partial charge in [0.25, 0.3) is 5.91 Å². The van der Waals surface area contributed by atoms with Gasteiger partial charge in [-0.05, 0) is 32.6 Å². The molecule has 0 bridgehead atoms. The summed E-state index contributed by atoms with van der Waals surface area (Å²) in [6.45, 7) is 6.78. The summed E-state index contributed by atoms with van der Waals surface area (Å²) in [7, 11) is 1.90. The minimum atomic E-state index is 0.168. The first-order valence-electron chi connectivity index (χ1n) is 7.11. The Bertz CT molecular complexity index is 508. The van der Waals surface area contributed by atoms with E-state index in [1.807, 2.05) is 20.9 Å². The summed E-state index contributed by atoms with van der Waals surface area (Å²) in [5, 5.41) is 7.79. The topological polar surface area (TPSA) is 50.2 Å². The largest absolute Gasteiger partial charge is 0.334 e. The summed E-state index contributed by atoms with van der Waals surface area (Å²) in [6, 6.07) is 0.375. The van der Waals surface area contributed by atoms with Crippen LogP contribution < -0.4 is 5.32 Å². The molecule has 1 aromatic rings. The van der Waals surface area contributed by atoms with Crippen LogP contribution in [0.2, 0.25) is 0 Å². The SMILES string of the molecule is Cc1nn(C)c(C)c1C(=O)N1CCCC2CNCC21. The molecule has 1 aromatic heterocycles. The number of rotatable bonds is 1. The molecule has 0 aliphatic carbocycles. The van der Waals surface area contributed by atoms with Gasteiger partial charge in [-0.25, -0.2) is 0 Å². The molecule has 0 radical (unpaired) electrons. The number of hydrogen-bond donors (Lipinski definition) is 1. The zero-order valence-corrected chi connectivity index (χ0v) is 11.9. The summed E-state index contributed by atoms with van der Waals surface area (Å²) in [5.74, 6) is 0.802. The van der Waals surface area contributed by atoms with Crippen molar-refractivity contribution >= 4 is 5.91 Å². The number of amides is 1. The number of piperidine rings is 1. The number of carbonyl (C=O) groups excluding carboxylic acids is 1. The lowest BCUT2D eigenvalue weighted by atomic mass is 9.91. The van der Waals surface area contributed by atoms with Crippen molar-refractivity contribution in [2.75, 3.05) is 19.6 Å². The molecule has 2 aliphatic rings. The van der Waals surface area contributed by atoms with Gasteiger partial charge in [-0.1, -0.05) is 0 Å². The Morgan fingerprint density at radius 3 is 2.84 bits per heavy atom. The highest BCUT2D eigenvalue weighted by Gasteiger charge is 2.38. The smallest absolute Gasteiger partial charge is 0.257 e. The highest BCUT2D eigenvalue weighted by molar-refractivity contribution is 5.96. The Labute approximate surface area is 114 Å². The van der Waals surface area contributed by atoms with E-state index in [4.69, 9.17) is 0 Å². The molecule has 2 saturated heterocycles. The van der Waals surface area contributed by atoms with E-state index in [9.17, 15) is 4.79 Å². The molecule has 0 aromatic carbocycles. The molecule has 19 heavy (non-hydrogen) atoms. The van der Waals surface area contributed by atoms with Crippen LogP contribution in [0.15, 0.2) is 0 Å². The van der Waals surface area contributed by atoms with E-state index in [-0.39, 0.29) is 5.91 Å². The zero-order chi connectivity index (χ0) is 13.6. The van der Waals surface area contributed by atoms with Crippen LogP contribution in [0.3, 0.4) is 0 Å². The van der Waals surface area contributed by atoms with Crippen molar-refractivity contribution < 1.29 is 4.79 Å². The Balaban J connectivity index is 1.90. The van der Waals surface area contributed by atoms with Gasteiger partial charge in [0, 0.05) is 38.4 Å². The quantitative estimate of drug-likeness (QED) is 0.816. The van der Waals surface area contributed by atoms with E-state index in [1.165, 1.54) is 6.42 Å². The van der Waals surface area contributed by atoms with Gasteiger partial charge < -0.3 is 10.2 Å². The number of likely N-dealkylation sites (tertiary alicyclic amines) is 1. The Hall–Kier alpha value is -1.36. The van der Waals surface area contributed by atoms with E-state index in [1.54, 1.807) is 4.68 Å². The second kappa shape index (κ2) is 4.63. The second-order valence-electron chi connectivity index (χ2n) is 5.80. The van der Waals surface area contributed by atoms with Crippen LogP contribution in [0.25, 0.3) is 0 Å². The third-order valence-corrected chi connectivity index (χ3v) is 4.66. The van der Waals surface area contributed by atoms with Crippen molar-refractivity contribution in [2.24, 2.45) is 13.0 Å². The molecule has 3 rings (SSSR count). The number of aromatic nitrogens is 2. The fourth-order valence-corrected chi connectivity index (χ4v) is 3.55. The third kappa shape index (κ3) is 1.96. The number of carbonyl (C=O) groups is 1. The van der Waals surface area contributed by atoms with E-state index >= 15 is 0 Å². The van der Waals surface area contributed by atoms with Crippen molar-refractivity contribution in [3.05, 3.63) is 17.0 Å². The minimum absolute atomic E-state index is 0.168. The summed E-state index contributed by atoms with van der Waals surface area (Å²) in [6.07, 6.45) is 2.36. The summed E-state index contributed by atoms with van der Waals surface area (Å²) < 4.78 is 1.80. The first-order chi connectivity index (χ1) is 9.09. The molecule has 2 fully saturated rings. The van der Waals surface area contributed by atoms with Crippen molar-refractivity contribution in [1.29, 1.82) is 0 Å². The lowest BCUT2D eigenvalue weighted by molar-refractivity contribution is 0.0573. The second-order valence-corrected chi connectivity index (χ2v) is 5.80. The van der Waals surface area contributed by atoms with Crippen LogP contribution in [-0.4, -0.2) is 46.3 Å². The van der Waals surface area contributed by atoms with Crippen LogP contribution in [0.5, 0.6) is 0 Å². The average molecular weight is 262 g/mol. The van der Waals surface area contributed by atoms with Gasteiger partial charge in [0.05, 0.1) is 11.3 Å². The van der Waals surface area contributed by atoms with E-state index in [2.05, 4.69) is 15.3 Å². The molecular weight excluding hydrogens is 240 g/mol. The number of nitrogens with one attached hydrogen (secondary N) is 1. The summed E-state index contributed by atoms with van der Waals surface area (Å²) >= 11 is 0. The standard InChI is InChI=1S/C14H22N4O/c1-9-13(10(2)17(3)16-9)14(19)18-6-4-5-11-7-15-8-12(11)18/h11-12,15H,4-8H2,1-3H3. The van der Waals surface area contributed by atoms with Crippen molar-refractivity contribution in [3.8, 4) is 0 Å². The van der Waals surface area contributed by atoms with Crippen LogP contribution >= 0.6 is 0 Å². The van der Waals surface area contributed by atoms with E-state index in [0.717, 1.165) is 43.0 Å². The summed E-state index contributed by atoms with van der Waals surface area (Å²) in [4.78, 5) is 14.9. The van der Waals surface area contributed by atoms with Gasteiger partial charge in [-0.3, -0.25) is 9.48 Å². The van der Waals surface area contributed by atoms with Crippen LogP contribution in [0.1, 0.15) is 34.6 Å². The first-order valence-corrected chi connectivity index (χ1v) is 7.11.